The molecule has 30 heavy (non-hydrogen) atoms. The molecule has 7 nitrogen and oxygen atoms in total. The van der Waals surface area contributed by atoms with Gasteiger partial charge in [-0.25, -0.2) is 9.07 Å². The molecule has 1 saturated heterocycles. The number of benzene rings is 1. The van der Waals surface area contributed by atoms with Crippen LogP contribution in [0.3, 0.4) is 0 Å². The van der Waals surface area contributed by atoms with Crippen molar-refractivity contribution in [3.63, 3.8) is 0 Å². The maximum Gasteiger partial charge on any atom is 0.258 e. The molecule has 1 fully saturated rings. The topological polar surface area (TPSA) is 67.4 Å². The van der Waals surface area contributed by atoms with E-state index in [9.17, 15) is 9.18 Å². The number of amides is 1. The summed E-state index contributed by atoms with van der Waals surface area (Å²) in [5.74, 6) is 0.418. The second-order valence-electron chi connectivity index (χ2n) is 7.54. The number of halogens is 2. The summed E-state index contributed by atoms with van der Waals surface area (Å²) in [4.78, 5) is 17.1. The highest BCUT2D eigenvalue weighted by Gasteiger charge is 2.28. The molecule has 4 rings (SSSR count). The van der Waals surface area contributed by atoms with Crippen LogP contribution in [0.4, 0.5) is 4.39 Å². The Morgan fingerprint density at radius 1 is 1.13 bits per heavy atom. The Labute approximate surface area is 179 Å². The molecule has 2 aromatic heterocycles. The lowest BCUT2D eigenvalue weighted by atomic mass is 10.2. The molecule has 3 aromatic rings. The van der Waals surface area contributed by atoms with Crippen LogP contribution in [0.2, 0.25) is 5.15 Å². The summed E-state index contributed by atoms with van der Waals surface area (Å²) in [5, 5.41) is 8.65. The van der Waals surface area contributed by atoms with Crippen molar-refractivity contribution < 1.29 is 13.7 Å². The molecule has 0 aliphatic carbocycles. The third-order valence-electron chi connectivity index (χ3n) is 5.24. The fraction of sp³-hybridized carbons (Fsp3) is 0.381. The largest absolute Gasteiger partial charge is 0.360 e. The van der Waals surface area contributed by atoms with Crippen LogP contribution in [0.5, 0.6) is 0 Å². The third-order valence-corrected chi connectivity index (χ3v) is 5.62. The first-order chi connectivity index (χ1) is 14.4. The average molecular weight is 432 g/mol. The predicted octanol–water partition coefficient (Wildman–Crippen LogP) is 3.29. The fourth-order valence-corrected chi connectivity index (χ4v) is 3.96. The first-order valence-corrected chi connectivity index (χ1v) is 10.2. The zero-order chi connectivity index (χ0) is 21.3. The van der Waals surface area contributed by atoms with Crippen molar-refractivity contribution in [3.05, 3.63) is 69.6 Å². The first kappa shape index (κ1) is 20.6. The number of carbonyl (C=O) groups excluding carboxylic acids is 1. The number of aryl methyl sites for hydroxylation is 2. The predicted molar refractivity (Wildman–Crippen MR) is 110 cm³/mol. The van der Waals surface area contributed by atoms with Gasteiger partial charge in [0.15, 0.2) is 5.76 Å². The molecule has 1 aromatic carbocycles. The Morgan fingerprint density at radius 3 is 2.47 bits per heavy atom. The Balaban J connectivity index is 1.41. The van der Waals surface area contributed by atoms with Gasteiger partial charge >= 0.3 is 0 Å². The molecule has 1 aliphatic heterocycles. The highest BCUT2D eigenvalue weighted by atomic mass is 35.5. The number of aromatic nitrogens is 3. The Hall–Kier alpha value is -2.71. The molecule has 1 aliphatic rings. The van der Waals surface area contributed by atoms with Crippen molar-refractivity contribution in [3.8, 4) is 0 Å². The van der Waals surface area contributed by atoms with E-state index in [1.54, 1.807) is 28.6 Å². The Kier molecular flexibility index (Phi) is 5.87. The highest BCUT2D eigenvalue weighted by Crippen LogP contribution is 2.23. The maximum absolute atomic E-state index is 13.1. The van der Waals surface area contributed by atoms with E-state index in [4.69, 9.17) is 16.1 Å². The molecule has 0 bridgehead atoms. The van der Waals surface area contributed by atoms with Crippen molar-refractivity contribution in [1.82, 2.24) is 24.7 Å². The van der Waals surface area contributed by atoms with E-state index in [-0.39, 0.29) is 11.7 Å². The molecule has 0 N–H and O–H groups in total. The van der Waals surface area contributed by atoms with Crippen LogP contribution < -0.4 is 0 Å². The SMILES string of the molecule is Cc1cc(CN2CCN(C(=O)c3c(C)nn(Cc4ccc(F)cc4)c3Cl)CC2)on1. The van der Waals surface area contributed by atoms with Crippen molar-refractivity contribution >= 4 is 17.5 Å². The minimum atomic E-state index is -0.296. The van der Waals surface area contributed by atoms with Crippen LogP contribution in [-0.2, 0) is 13.1 Å². The molecule has 0 unspecified atom stereocenters. The van der Waals surface area contributed by atoms with E-state index in [2.05, 4.69) is 15.2 Å². The number of piperazine rings is 1. The van der Waals surface area contributed by atoms with Crippen molar-refractivity contribution in [1.29, 1.82) is 0 Å². The van der Waals surface area contributed by atoms with Gasteiger partial charge in [0.05, 0.1) is 30.0 Å². The van der Waals surface area contributed by atoms with Gasteiger partial charge < -0.3 is 9.42 Å². The van der Waals surface area contributed by atoms with E-state index in [1.165, 1.54) is 12.1 Å². The van der Waals surface area contributed by atoms with E-state index in [1.807, 2.05) is 13.0 Å². The van der Waals surface area contributed by atoms with Crippen molar-refractivity contribution in [2.45, 2.75) is 26.9 Å². The summed E-state index contributed by atoms with van der Waals surface area (Å²) in [7, 11) is 0. The minimum Gasteiger partial charge on any atom is -0.360 e. The van der Waals surface area contributed by atoms with Gasteiger partial charge in [-0.1, -0.05) is 28.9 Å². The van der Waals surface area contributed by atoms with Gasteiger partial charge in [-0.2, -0.15) is 5.10 Å². The number of rotatable bonds is 5. The quantitative estimate of drug-likeness (QED) is 0.620. The number of hydrogen-bond donors (Lipinski definition) is 0. The second-order valence-corrected chi connectivity index (χ2v) is 7.90. The van der Waals surface area contributed by atoms with Crippen LogP contribution in [0, 0.1) is 19.7 Å². The van der Waals surface area contributed by atoms with Gasteiger partial charge in [-0.15, -0.1) is 0 Å². The molecule has 158 valence electrons. The molecule has 0 atom stereocenters. The summed E-state index contributed by atoms with van der Waals surface area (Å²) in [6.07, 6.45) is 0. The molecule has 9 heteroatoms. The molecule has 0 saturated carbocycles. The van der Waals surface area contributed by atoms with E-state index >= 15 is 0 Å². The van der Waals surface area contributed by atoms with E-state index < -0.39 is 0 Å². The van der Waals surface area contributed by atoms with Gasteiger partial charge in [-0.05, 0) is 31.5 Å². The number of carbonyl (C=O) groups is 1. The zero-order valence-electron chi connectivity index (χ0n) is 16.9. The van der Waals surface area contributed by atoms with Gasteiger partial charge in [-0.3, -0.25) is 9.69 Å². The van der Waals surface area contributed by atoms with Gasteiger partial charge in [0.2, 0.25) is 0 Å². The fourth-order valence-electron chi connectivity index (χ4n) is 3.64. The van der Waals surface area contributed by atoms with Crippen LogP contribution >= 0.6 is 11.6 Å². The lowest BCUT2D eigenvalue weighted by Crippen LogP contribution is -2.48. The van der Waals surface area contributed by atoms with Crippen molar-refractivity contribution in [2.75, 3.05) is 26.2 Å². The molecule has 1 amide bonds. The third kappa shape index (κ3) is 4.39. The summed E-state index contributed by atoms with van der Waals surface area (Å²) in [6, 6.07) is 8.07. The van der Waals surface area contributed by atoms with Crippen LogP contribution in [0.1, 0.15) is 33.1 Å². The number of hydrogen-bond acceptors (Lipinski definition) is 5. The molecular formula is C21H23ClFN5O2. The Morgan fingerprint density at radius 2 is 1.83 bits per heavy atom. The molecular weight excluding hydrogens is 409 g/mol. The molecule has 0 radical (unpaired) electrons. The first-order valence-electron chi connectivity index (χ1n) is 9.82. The molecule has 3 heterocycles. The standard InChI is InChI=1S/C21H23ClFN5O2/c1-14-11-18(30-25-14)13-26-7-9-27(10-8-26)21(29)19-15(2)24-28(20(19)22)12-16-3-5-17(23)6-4-16/h3-6,11H,7-10,12-13H2,1-2H3. The second kappa shape index (κ2) is 8.57. The van der Waals surface area contributed by atoms with Crippen LogP contribution in [0.15, 0.2) is 34.9 Å². The van der Waals surface area contributed by atoms with Gasteiger partial charge in [0.1, 0.15) is 11.0 Å². The summed E-state index contributed by atoms with van der Waals surface area (Å²) >= 11 is 6.51. The maximum atomic E-state index is 13.1. The summed E-state index contributed by atoms with van der Waals surface area (Å²) < 4.78 is 20.0. The summed E-state index contributed by atoms with van der Waals surface area (Å²) in [6.45, 7) is 7.41. The zero-order valence-corrected chi connectivity index (χ0v) is 17.7. The average Bonchev–Trinajstić information content (AvgIpc) is 3.26. The summed E-state index contributed by atoms with van der Waals surface area (Å²) in [5.41, 5.74) is 2.74. The Bertz CT molecular complexity index is 1040. The van der Waals surface area contributed by atoms with Crippen LogP contribution in [-0.4, -0.2) is 56.8 Å². The lowest BCUT2D eigenvalue weighted by Gasteiger charge is -2.34. The van der Waals surface area contributed by atoms with Gasteiger partial charge in [0.25, 0.3) is 5.91 Å². The van der Waals surface area contributed by atoms with E-state index in [0.717, 1.165) is 30.1 Å². The minimum absolute atomic E-state index is 0.113. The van der Waals surface area contributed by atoms with Crippen LogP contribution in [0.25, 0.3) is 0 Å². The molecule has 0 spiro atoms. The highest BCUT2D eigenvalue weighted by molar-refractivity contribution is 6.33. The van der Waals surface area contributed by atoms with Gasteiger partial charge in [0, 0.05) is 32.2 Å². The monoisotopic (exact) mass is 431 g/mol. The number of nitrogens with zero attached hydrogens (tertiary/aromatic N) is 5. The normalized spacial score (nSPS) is 15.0. The lowest BCUT2D eigenvalue weighted by molar-refractivity contribution is 0.0617. The smallest absolute Gasteiger partial charge is 0.258 e. The van der Waals surface area contributed by atoms with E-state index in [0.29, 0.717) is 42.6 Å². The van der Waals surface area contributed by atoms with Crippen molar-refractivity contribution in [2.24, 2.45) is 0 Å².